The molecule has 0 fully saturated rings. The van der Waals surface area contributed by atoms with Gasteiger partial charge < -0.3 is 0 Å². The van der Waals surface area contributed by atoms with Gasteiger partial charge in [-0.15, -0.1) is 0 Å². The summed E-state index contributed by atoms with van der Waals surface area (Å²) in [6, 6.07) is 20.9. The molecule has 0 bridgehead atoms. The fourth-order valence-corrected chi connectivity index (χ4v) is 2.89. The normalized spacial score (nSPS) is 11.0. The lowest BCUT2D eigenvalue weighted by molar-refractivity contribution is 0.0957. The number of aromatic nitrogens is 2. The molecule has 0 spiro atoms. The lowest BCUT2D eigenvalue weighted by Gasteiger charge is -2.11. The summed E-state index contributed by atoms with van der Waals surface area (Å²) in [7, 11) is 0. The molecule has 0 unspecified atom stereocenters. The van der Waals surface area contributed by atoms with E-state index in [2.05, 4.69) is 20.5 Å². The maximum absolute atomic E-state index is 13.0. The maximum Gasteiger partial charge on any atom is 0.272 e. The fraction of sp³-hybridized carbons (Fsp3) is 0. The number of hydrazone groups is 1. The van der Waals surface area contributed by atoms with Gasteiger partial charge in [0, 0.05) is 35.1 Å². The smallest absolute Gasteiger partial charge is 0.267 e. The van der Waals surface area contributed by atoms with Gasteiger partial charge in [0.1, 0.15) is 0 Å². The number of hydrogen-bond acceptors (Lipinski definition) is 4. The second-order valence-corrected chi connectivity index (χ2v) is 5.92. The van der Waals surface area contributed by atoms with Crippen molar-refractivity contribution in [3.63, 3.8) is 0 Å². The van der Waals surface area contributed by atoms with Crippen LogP contribution >= 0.6 is 0 Å². The lowest BCUT2D eigenvalue weighted by atomic mass is 9.98. The summed E-state index contributed by atoms with van der Waals surface area (Å²) in [5.41, 5.74) is 6.36. The standard InChI is InChI=1S/C22H16N4O/c27-22(26-25-13-16-7-2-1-3-8-16)21-18-10-4-5-11-20(18)24-15-19(21)17-9-6-12-23-14-17/h1-15H,(H,26,27)/b25-13+. The SMILES string of the molecule is O=C(N/N=C/c1ccccc1)c1c(-c2cccnc2)cnc2ccccc12. The zero-order chi connectivity index (χ0) is 18.5. The molecule has 2 aromatic carbocycles. The van der Waals surface area contributed by atoms with Crippen molar-refractivity contribution in [1.29, 1.82) is 0 Å². The van der Waals surface area contributed by atoms with Gasteiger partial charge in [-0.2, -0.15) is 5.10 Å². The number of pyridine rings is 2. The Morgan fingerprint density at radius 1 is 0.926 bits per heavy atom. The van der Waals surface area contributed by atoms with Crippen molar-refractivity contribution in [3.05, 3.63) is 96.4 Å². The van der Waals surface area contributed by atoms with Crippen LogP contribution in [0.15, 0.2) is 90.4 Å². The number of para-hydroxylation sites is 1. The highest BCUT2D eigenvalue weighted by molar-refractivity contribution is 6.11. The largest absolute Gasteiger partial charge is 0.272 e. The number of nitrogens with one attached hydrogen (secondary N) is 1. The van der Waals surface area contributed by atoms with E-state index in [1.54, 1.807) is 24.8 Å². The molecular weight excluding hydrogens is 336 g/mol. The van der Waals surface area contributed by atoms with Gasteiger partial charge in [0.15, 0.2) is 0 Å². The number of carbonyl (C=O) groups excluding carboxylic acids is 1. The van der Waals surface area contributed by atoms with Crippen molar-refractivity contribution in [2.24, 2.45) is 5.10 Å². The van der Waals surface area contributed by atoms with Crippen LogP contribution in [-0.2, 0) is 0 Å². The van der Waals surface area contributed by atoms with Crippen LogP contribution in [0.4, 0.5) is 0 Å². The Balaban J connectivity index is 1.74. The van der Waals surface area contributed by atoms with Crippen LogP contribution in [0.1, 0.15) is 15.9 Å². The molecule has 5 nitrogen and oxygen atoms in total. The van der Waals surface area contributed by atoms with E-state index in [4.69, 9.17) is 0 Å². The summed E-state index contributed by atoms with van der Waals surface area (Å²) in [6.45, 7) is 0. The minimum Gasteiger partial charge on any atom is -0.267 e. The van der Waals surface area contributed by atoms with Crippen LogP contribution in [-0.4, -0.2) is 22.1 Å². The summed E-state index contributed by atoms with van der Waals surface area (Å²) in [5.74, 6) is -0.292. The van der Waals surface area contributed by atoms with Crippen LogP contribution in [0.25, 0.3) is 22.0 Å². The number of amides is 1. The summed E-state index contributed by atoms with van der Waals surface area (Å²) in [6.07, 6.45) is 6.73. The molecule has 130 valence electrons. The molecule has 0 saturated heterocycles. The monoisotopic (exact) mass is 352 g/mol. The highest BCUT2D eigenvalue weighted by Crippen LogP contribution is 2.28. The molecular formula is C22H16N4O. The second kappa shape index (κ2) is 7.58. The zero-order valence-corrected chi connectivity index (χ0v) is 14.4. The molecule has 4 rings (SSSR count). The van der Waals surface area contributed by atoms with E-state index in [1.807, 2.05) is 66.7 Å². The zero-order valence-electron chi connectivity index (χ0n) is 14.4. The average molecular weight is 352 g/mol. The third-order valence-electron chi connectivity index (χ3n) is 4.15. The van der Waals surface area contributed by atoms with Gasteiger partial charge in [0.25, 0.3) is 5.91 Å². The minimum absolute atomic E-state index is 0.292. The first kappa shape index (κ1) is 16.6. The van der Waals surface area contributed by atoms with Crippen LogP contribution in [0, 0.1) is 0 Å². The molecule has 1 N–H and O–H groups in total. The highest BCUT2D eigenvalue weighted by Gasteiger charge is 2.17. The third kappa shape index (κ3) is 3.57. The van der Waals surface area contributed by atoms with E-state index >= 15 is 0 Å². The second-order valence-electron chi connectivity index (χ2n) is 5.92. The molecule has 4 aromatic rings. The van der Waals surface area contributed by atoms with Gasteiger partial charge in [0.2, 0.25) is 0 Å². The fourth-order valence-electron chi connectivity index (χ4n) is 2.89. The first-order chi connectivity index (χ1) is 13.3. The number of nitrogens with zero attached hydrogens (tertiary/aromatic N) is 3. The van der Waals surface area contributed by atoms with Gasteiger partial charge >= 0.3 is 0 Å². The number of hydrogen-bond donors (Lipinski definition) is 1. The predicted octanol–water partition coefficient (Wildman–Crippen LogP) is 4.06. The van der Waals surface area contributed by atoms with E-state index in [0.717, 1.165) is 22.0 Å². The Kier molecular flexibility index (Phi) is 4.66. The predicted molar refractivity (Wildman–Crippen MR) is 106 cm³/mol. The molecule has 1 amide bonds. The van der Waals surface area contributed by atoms with E-state index in [-0.39, 0.29) is 5.91 Å². The van der Waals surface area contributed by atoms with Crippen molar-refractivity contribution in [1.82, 2.24) is 15.4 Å². The van der Waals surface area contributed by atoms with Crippen LogP contribution in [0.2, 0.25) is 0 Å². The highest BCUT2D eigenvalue weighted by atomic mass is 16.2. The Morgan fingerprint density at radius 2 is 1.74 bits per heavy atom. The molecule has 0 aliphatic heterocycles. The Hall–Kier alpha value is -3.86. The van der Waals surface area contributed by atoms with Gasteiger partial charge in [-0.3, -0.25) is 14.8 Å². The van der Waals surface area contributed by atoms with Crippen molar-refractivity contribution in [2.75, 3.05) is 0 Å². The Bertz CT molecular complexity index is 1110. The molecule has 0 saturated carbocycles. The summed E-state index contributed by atoms with van der Waals surface area (Å²) in [5, 5.41) is 4.87. The molecule has 0 atom stereocenters. The van der Waals surface area contributed by atoms with Crippen LogP contribution in [0.3, 0.4) is 0 Å². The van der Waals surface area contributed by atoms with Crippen LogP contribution in [0.5, 0.6) is 0 Å². The number of carbonyl (C=O) groups is 1. The number of fused-ring (bicyclic) bond motifs is 1. The first-order valence-electron chi connectivity index (χ1n) is 8.49. The average Bonchev–Trinajstić information content (AvgIpc) is 2.74. The van der Waals surface area contributed by atoms with Crippen molar-refractivity contribution < 1.29 is 4.79 Å². The maximum atomic E-state index is 13.0. The van der Waals surface area contributed by atoms with Crippen LogP contribution < -0.4 is 5.43 Å². The van der Waals surface area contributed by atoms with E-state index in [1.165, 1.54) is 0 Å². The topological polar surface area (TPSA) is 67.2 Å². The number of rotatable bonds is 4. The molecule has 5 heteroatoms. The van der Waals surface area contributed by atoms with E-state index in [0.29, 0.717) is 11.1 Å². The van der Waals surface area contributed by atoms with Gasteiger partial charge in [-0.25, -0.2) is 5.43 Å². The summed E-state index contributed by atoms with van der Waals surface area (Å²) in [4.78, 5) is 21.6. The molecule has 0 aliphatic rings. The quantitative estimate of drug-likeness (QED) is 0.445. The number of benzene rings is 2. The van der Waals surface area contributed by atoms with Gasteiger partial charge in [-0.1, -0.05) is 54.6 Å². The van der Waals surface area contributed by atoms with Crippen molar-refractivity contribution >= 4 is 23.0 Å². The molecule has 2 heterocycles. The van der Waals surface area contributed by atoms with E-state index < -0.39 is 0 Å². The Labute approximate surface area is 156 Å². The third-order valence-corrected chi connectivity index (χ3v) is 4.15. The lowest BCUT2D eigenvalue weighted by Crippen LogP contribution is -2.19. The molecule has 0 radical (unpaired) electrons. The molecule has 27 heavy (non-hydrogen) atoms. The van der Waals surface area contributed by atoms with Gasteiger partial charge in [-0.05, 0) is 17.7 Å². The Morgan fingerprint density at radius 3 is 2.56 bits per heavy atom. The molecule has 2 aromatic heterocycles. The molecule has 0 aliphatic carbocycles. The summed E-state index contributed by atoms with van der Waals surface area (Å²) < 4.78 is 0. The van der Waals surface area contributed by atoms with Gasteiger partial charge in [0.05, 0.1) is 17.3 Å². The summed E-state index contributed by atoms with van der Waals surface area (Å²) >= 11 is 0. The van der Waals surface area contributed by atoms with Crippen molar-refractivity contribution in [2.45, 2.75) is 0 Å². The van der Waals surface area contributed by atoms with Crippen molar-refractivity contribution in [3.8, 4) is 11.1 Å². The first-order valence-corrected chi connectivity index (χ1v) is 8.49. The minimum atomic E-state index is -0.292. The van der Waals surface area contributed by atoms with E-state index in [9.17, 15) is 4.79 Å².